The average Bonchev–Trinajstić information content (AvgIpc) is 3.28. The number of nitrogens with one attached hydrogen (secondary N) is 1. The van der Waals surface area contributed by atoms with Crippen LogP contribution in [-0.4, -0.2) is 46.2 Å². The number of nitrogens with zero attached hydrogens (tertiary/aromatic N) is 2. The van der Waals surface area contributed by atoms with Crippen molar-refractivity contribution in [3.05, 3.63) is 106 Å². The van der Waals surface area contributed by atoms with Crippen LogP contribution in [0.5, 0.6) is 0 Å². The third-order valence-electron chi connectivity index (χ3n) is 7.88. The minimum Gasteiger partial charge on any atom is -0.356 e. The van der Waals surface area contributed by atoms with Crippen LogP contribution in [0.2, 0.25) is 5.02 Å². The van der Waals surface area contributed by atoms with Gasteiger partial charge in [-0.15, -0.1) is 0 Å². The van der Waals surface area contributed by atoms with E-state index in [0.29, 0.717) is 24.5 Å². The summed E-state index contributed by atoms with van der Waals surface area (Å²) < 4.78 is 0. The molecule has 3 heterocycles. The number of halogens is 1. The van der Waals surface area contributed by atoms with Crippen LogP contribution in [0.25, 0.3) is 10.9 Å². The van der Waals surface area contributed by atoms with Crippen LogP contribution in [0.3, 0.4) is 0 Å². The van der Waals surface area contributed by atoms with E-state index in [0.717, 1.165) is 33.3 Å². The number of benzene rings is 3. The van der Waals surface area contributed by atoms with E-state index in [4.69, 9.17) is 11.6 Å². The second kappa shape index (κ2) is 8.52. The molecule has 3 aromatic carbocycles. The van der Waals surface area contributed by atoms with Crippen LogP contribution in [0.1, 0.15) is 40.8 Å². The van der Waals surface area contributed by atoms with Gasteiger partial charge >= 0.3 is 0 Å². The van der Waals surface area contributed by atoms with E-state index in [1.54, 1.807) is 9.80 Å². The number of fused-ring (bicyclic) bond motifs is 5. The number of piperazine rings is 1. The highest BCUT2D eigenvalue weighted by molar-refractivity contribution is 6.30. The van der Waals surface area contributed by atoms with Gasteiger partial charge in [0.05, 0.1) is 12.2 Å². The molecule has 0 saturated carbocycles. The van der Waals surface area contributed by atoms with Crippen LogP contribution < -0.4 is 0 Å². The fourth-order valence-corrected chi connectivity index (χ4v) is 6.00. The molecule has 5 nitrogen and oxygen atoms in total. The molecule has 2 aliphatic rings. The predicted octanol–water partition coefficient (Wildman–Crippen LogP) is 5.40. The van der Waals surface area contributed by atoms with Gasteiger partial charge in [-0.05, 0) is 55.2 Å². The van der Waals surface area contributed by atoms with Crippen molar-refractivity contribution in [1.29, 1.82) is 0 Å². The Balaban J connectivity index is 1.43. The molecule has 2 unspecified atom stereocenters. The Morgan fingerprint density at radius 2 is 1.72 bits per heavy atom. The molecule has 1 saturated heterocycles. The van der Waals surface area contributed by atoms with Gasteiger partial charge in [-0.1, -0.05) is 71.8 Å². The van der Waals surface area contributed by atoms with E-state index in [-0.39, 0.29) is 24.3 Å². The standard InChI is InChI=1S/C30H28ClN3O2/c1-19-7-11-21(12-8-19)24-17-34-26(35)18-33(16-15-20-9-13-22(31)14-10-20)29(36)30(34,2)28-27(24)23-5-3-4-6-25(23)32-28/h3-14,24,32H,15-18H2,1-2H3. The highest BCUT2D eigenvalue weighted by Crippen LogP contribution is 2.48. The molecule has 0 radical (unpaired) electrons. The number of aromatic amines is 1. The molecule has 0 spiro atoms. The van der Waals surface area contributed by atoms with Gasteiger partial charge in [-0.3, -0.25) is 9.59 Å². The Kier molecular flexibility index (Phi) is 5.41. The summed E-state index contributed by atoms with van der Waals surface area (Å²) in [5, 5.41) is 1.79. The van der Waals surface area contributed by atoms with Crippen molar-refractivity contribution in [1.82, 2.24) is 14.8 Å². The van der Waals surface area contributed by atoms with E-state index in [1.165, 1.54) is 5.56 Å². The number of amides is 2. The lowest BCUT2D eigenvalue weighted by Crippen LogP contribution is -2.67. The second-order valence-electron chi connectivity index (χ2n) is 10.1. The molecule has 2 atom stereocenters. The maximum atomic E-state index is 14.1. The lowest BCUT2D eigenvalue weighted by Gasteiger charge is -2.51. The molecule has 2 amide bonds. The summed E-state index contributed by atoms with van der Waals surface area (Å²) in [5.74, 6) is -0.0666. The number of rotatable bonds is 4. The van der Waals surface area contributed by atoms with Gasteiger partial charge in [0.25, 0.3) is 5.91 Å². The van der Waals surface area contributed by atoms with Crippen molar-refractivity contribution < 1.29 is 9.59 Å². The zero-order valence-electron chi connectivity index (χ0n) is 20.4. The highest BCUT2D eigenvalue weighted by atomic mass is 35.5. The second-order valence-corrected chi connectivity index (χ2v) is 10.5. The number of aryl methyl sites for hydroxylation is 1. The molecule has 0 aliphatic carbocycles. The van der Waals surface area contributed by atoms with Crippen LogP contribution in [0, 0.1) is 6.92 Å². The molecule has 1 fully saturated rings. The number of aromatic nitrogens is 1. The number of carbonyl (C=O) groups is 2. The summed E-state index contributed by atoms with van der Waals surface area (Å²) >= 11 is 6.02. The van der Waals surface area contributed by atoms with Gasteiger partial charge in [-0.2, -0.15) is 0 Å². The summed E-state index contributed by atoms with van der Waals surface area (Å²) in [7, 11) is 0. The Morgan fingerprint density at radius 1 is 1.00 bits per heavy atom. The average molecular weight is 498 g/mol. The van der Waals surface area contributed by atoms with Crippen molar-refractivity contribution in [2.75, 3.05) is 19.6 Å². The maximum Gasteiger partial charge on any atom is 0.254 e. The zero-order chi connectivity index (χ0) is 25.0. The topological polar surface area (TPSA) is 56.4 Å². The summed E-state index contributed by atoms with van der Waals surface area (Å²) in [6, 6.07) is 24.3. The molecule has 1 aromatic heterocycles. The minimum atomic E-state index is -1.08. The first-order valence-corrected chi connectivity index (χ1v) is 12.8. The lowest BCUT2D eigenvalue weighted by molar-refractivity contribution is -0.166. The predicted molar refractivity (Wildman–Crippen MR) is 142 cm³/mol. The highest BCUT2D eigenvalue weighted by Gasteiger charge is 2.56. The Hall–Kier alpha value is -3.57. The van der Waals surface area contributed by atoms with Crippen molar-refractivity contribution in [3.63, 3.8) is 0 Å². The summed E-state index contributed by atoms with van der Waals surface area (Å²) in [5.41, 5.74) is 5.29. The third kappa shape index (κ3) is 3.53. The van der Waals surface area contributed by atoms with E-state index in [2.05, 4.69) is 42.2 Å². The molecule has 1 N–H and O–H groups in total. The van der Waals surface area contributed by atoms with Crippen LogP contribution in [0.4, 0.5) is 0 Å². The summed E-state index contributed by atoms with van der Waals surface area (Å²) in [6.07, 6.45) is 0.665. The van der Waals surface area contributed by atoms with Gasteiger partial charge in [0.15, 0.2) is 5.54 Å². The van der Waals surface area contributed by atoms with Crippen molar-refractivity contribution >= 4 is 34.3 Å². The normalized spacial score (nSPS) is 21.6. The van der Waals surface area contributed by atoms with E-state index >= 15 is 0 Å². The quantitative estimate of drug-likeness (QED) is 0.410. The first kappa shape index (κ1) is 22.9. The Morgan fingerprint density at radius 3 is 2.47 bits per heavy atom. The van der Waals surface area contributed by atoms with Crippen molar-refractivity contribution in [3.8, 4) is 0 Å². The van der Waals surface area contributed by atoms with Gasteiger partial charge in [0.1, 0.15) is 0 Å². The molecular formula is C30H28ClN3O2. The molecule has 2 aliphatic heterocycles. The number of hydrogen-bond acceptors (Lipinski definition) is 2. The molecular weight excluding hydrogens is 470 g/mol. The molecule has 182 valence electrons. The first-order chi connectivity index (χ1) is 17.4. The van der Waals surface area contributed by atoms with Gasteiger partial charge in [0.2, 0.25) is 5.91 Å². The van der Waals surface area contributed by atoms with Crippen molar-refractivity contribution in [2.24, 2.45) is 0 Å². The zero-order valence-corrected chi connectivity index (χ0v) is 21.2. The van der Waals surface area contributed by atoms with Crippen LogP contribution in [-0.2, 0) is 21.5 Å². The fourth-order valence-electron chi connectivity index (χ4n) is 5.87. The number of hydrogen-bond donors (Lipinski definition) is 1. The van der Waals surface area contributed by atoms with Gasteiger partial charge in [0, 0.05) is 34.9 Å². The Labute approximate surface area is 215 Å². The number of carbonyl (C=O) groups excluding carboxylic acids is 2. The lowest BCUT2D eigenvalue weighted by atomic mass is 9.76. The largest absolute Gasteiger partial charge is 0.356 e. The maximum absolute atomic E-state index is 14.1. The smallest absolute Gasteiger partial charge is 0.254 e. The van der Waals surface area contributed by atoms with E-state index in [1.807, 2.05) is 49.4 Å². The monoisotopic (exact) mass is 497 g/mol. The molecule has 36 heavy (non-hydrogen) atoms. The van der Waals surface area contributed by atoms with E-state index in [9.17, 15) is 9.59 Å². The summed E-state index contributed by atoms with van der Waals surface area (Å²) in [6.45, 7) is 5.03. The van der Waals surface area contributed by atoms with Crippen molar-refractivity contribution in [2.45, 2.75) is 31.7 Å². The van der Waals surface area contributed by atoms with E-state index < -0.39 is 5.54 Å². The number of para-hydroxylation sites is 1. The molecule has 6 rings (SSSR count). The minimum absolute atomic E-state index is 0.0119. The van der Waals surface area contributed by atoms with Crippen LogP contribution in [0.15, 0.2) is 72.8 Å². The molecule has 4 aromatic rings. The SMILES string of the molecule is Cc1ccc(C2CN3C(=O)CN(CCc4ccc(Cl)cc4)C(=O)C3(C)c3[nH]c4ccccc4c32)cc1. The fraction of sp³-hybridized carbons (Fsp3) is 0.267. The number of H-pyrrole nitrogens is 1. The molecule has 0 bridgehead atoms. The third-order valence-corrected chi connectivity index (χ3v) is 8.13. The molecule has 6 heteroatoms. The Bertz CT molecular complexity index is 1470. The first-order valence-electron chi connectivity index (χ1n) is 12.4. The van der Waals surface area contributed by atoms with Gasteiger partial charge < -0.3 is 14.8 Å². The van der Waals surface area contributed by atoms with Gasteiger partial charge in [-0.25, -0.2) is 0 Å². The summed E-state index contributed by atoms with van der Waals surface area (Å²) in [4.78, 5) is 34.8. The van der Waals surface area contributed by atoms with Crippen LogP contribution >= 0.6 is 11.6 Å².